The molecule has 0 atom stereocenters. The molecule has 140 valence electrons. The van der Waals surface area contributed by atoms with Gasteiger partial charge in [0.05, 0.1) is 0 Å². The van der Waals surface area contributed by atoms with E-state index in [0.29, 0.717) is 16.7 Å². The van der Waals surface area contributed by atoms with Gasteiger partial charge in [-0.25, -0.2) is 0 Å². The van der Waals surface area contributed by atoms with Crippen molar-refractivity contribution < 1.29 is 4.74 Å². The molecule has 3 rings (SSSR count). The number of benzene rings is 2. The van der Waals surface area contributed by atoms with E-state index in [1.807, 2.05) is 24.3 Å². The average molecular weight is 393 g/mol. The number of rotatable bonds is 7. The minimum atomic E-state index is 0.450. The lowest BCUT2D eigenvalue weighted by molar-refractivity contribution is 0.153. The zero-order valence-electron chi connectivity index (χ0n) is 15.3. The second kappa shape index (κ2) is 9.61. The van der Waals surface area contributed by atoms with Gasteiger partial charge in [-0.1, -0.05) is 47.5 Å². The Labute approximate surface area is 166 Å². The third-order valence-electron chi connectivity index (χ3n) is 4.89. The number of para-hydroxylation sites is 1. The molecule has 0 amide bonds. The van der Waals surface area contributed by atoms with Gasteiger partial charge in [0.15, 0.2) is 0 Å². The Balaban J connectivity index is 1.52. The molecule has 0 bridgehead atoms. The Kier molecular flexibility index (Phi) is 7.21. The number of piperazine rings is 1. The quantitative estimate of drug-likeness (QED) is 0.675. The van der Waals surface area contributed by atoms with Crippen molar-refractivity contribution in [2.45, 2.75) is 19.4 Å². The predicted molar refractivity (Wildman–Crippen MR) is 109 cm³/mol. The van der Waals surface area contributed by atoms with Crippen LogP contribution in [0.1, 0.15) is 17.5 Å². The second-order valence-electron chi connectivity index (χ2n) is 6.88. The first-order valence-electron chi connectivity index (χ1n) is 9.17. The van der Waals surface area contributed by atoms with Crippen molar-refractivity contribution in [1.29, 1.82) is 0 Å². The minimum Gasteiger partial charge on any atom is -0.489 e. The Morgan fingerprint density at radius 3 is 2.50 bits per heavy atom. The molecule has 2 aromatic carbocycles. The molecule has 1 heterocycles. The van der Waals surface area contributed by atoms with E-state index in [1.165, 1.54) is 31.7 Å². The van der Waals surface area contributed by atoms with Crippen LogP contribution in [-0.2, 0) is 13.0 Å². The number of ether oxygens (including phenoxy) is 1. The summed E-state index contributed by atoms with van der Waals surface area (Å²) in [5.74, 6) is 0.942. The standard InChI is InChI=1S/C21H26Cl2N2O/c1-24-11-13-25(14-12-24)10-4-6-17-5-2-3-7-21(17)26-16-18-8-9-19(22)15-20(18)23/h2-3,5,7-9,15H,4,6,10-14,16H2,1H3. The summed E-state index contributed by atoms with van der Waals surface area (Å²) in [5.41, 5.74) is 2.20. The fourth-order valence-corrected chi connectivity index (χ4v) is 3.67. The topological polar surface area (TPSA) is 15.7 Å². The minimum absolute atomic E-state index is 0.450. The molecule has 0 aromatic heterocycles. The van der Waals surface area contributed by atoms with Crippen LogP contribution in [0.15, 0.2) is 42.5 Å². The molecule has 1 aliphatic heterocycles. The summed E-state index contributed by atoms with van der Waals surface area (Å²) < 4.78 is 6.05. The molecule has 1 aliphatic rings. The summed E-state index contributed by atoms with van der Waals surface area (Å²) in [6, 6.07) is 13.8. The van der Waals surface area contributed by atoms with Crippen molar-refractivity contribution in [1.82, 2.24) is 9.80 Å². The first-order valence-corrected chi connectivity index (χ1v) is 9.93. The highest BCUT2D eigenvalue weighted by atomic mass is 35.5. The molecular weight excluding hydrogens is 367 g/mol. The van der Waals surface area contributed by atoms with Crippen molar-refractivity contribution in [2.75, 3.05) is 39.8 Å². The lowest BCUT2D eigenvalue weighted by Gasteiger charge is -2.32. The molecule has 0 aliphatic carbocycles. The van der Waals surface area contributed by atoms with Crippen LogP contribution >= 0.6 is 23.2 Å². The van der Waals surface area contributed by atoms with Crippen LogP contribution < -0.4 is 4.74 Å². The van der Waals surface area contributed by atoms with Crippen LogP contribution in [0.5, 0.6) is 5.75 Å². The molecule has 0 unspecified atom stereocenters. The van der Waals surface area contributed by atoms with Gasteiger partial charge in [-0.3, -0.25) is 0 Å². The number of likely N-dealkylation sites (N-methyl/N-ethyl adjacent to an activating group) is 1. The van der Waals surface area contributed by atoms with Gasteiger partial charge in [0.2, 0.25) is 0 Å². The van der Waals surface area contributed by atoms with Crippen LogP contribution in [0.3, 0.4) is 0 Å². The maximum atomic E-state index is 6.24. The monoisotopic (exact) mass is 392 g/mol. The maximum absolute atomic E-state index is 6.24. The smallest absolute Gasteiger partial charge is 0.122 e. The summed E-state index contributed by atoms with van der Waals surface area (Å²) >= 11 is 12.2. The fraction of sp³-hybridized carbons (Fsp3) is 0.429. The maximum Gasteiger partial charge on any atom is 0.122 e. The van der Waals surface area contributed by atoms with Crippen LogP contribution in [0, 0.1) is 0 Å². The molecule has 0 spiro atoms. The third kappa shape index (κ3) is 5.62. The fourth-order valence-electron chi connectivity index (χ4n) is 3.21. The molecule has 0 saturated carbocycles. The average Bonchev–Trinajstić information content (AvgIpc) is 2.64. The van der Waals surface area contributed by atoms with Gasteiger partial charge in [0, 0.05) is 41.8 Å². The Bertz CT molecular complexity index is 715. The number of hydrogen-bond donors (Lipinski definition) is 0. The van der Waals surface area contributed by atoms with E-state index in [4.69, 9.17) is 27.9 Å². The Morgan fingerprint density at radius 1 is 0.962 bits per heavy atom. The Morgan fingerprint density at radius 2 is 1.73 bits per heavy atom. The van der Waals surface area contributed by atoms with E-state index in [2.05, 4.69) is 29.0 Å². The highest BCUT2D eigenvalue weighted by Gasteiger charge is 2.13. The third-order valence-corrected chi connectivity index (χ3v) is 5.47. The van der Waals surface area contributed by atoms with E-state index in [-0.39, 0.29) is 0 Å². The van der Waals surface area contributed by atoms with E-state index < -0.39 is 0 Å². The van der Waals surface area contributed by atoms with Gasteiger partial charge in [0.25, 0.3) is 0 Å². The molecular formula is C21H26Cl2N2O. The highest BCUT2D eigenvalue weighted by molar-refractivity contribution is 6.35. The summed E-state index contributed by atoms with van der Waals surface area (Å²) in [6.07, 6.45) is 2.17. The van der Waals surface area contributed by atoms with E-state index in [0.717, 1.165) is 30.7 Å². The van der Waals surface area contributed by atoms with Gasteiger partial charge in [-0.05, 0) is 50.2 Å². The number of hydrogen-bond acceptors (Lipinski definition) is 3. The Hall–Kier alpha value is -1.26. The van der Waals surface area contributed by atoms with Crippen LogP contribution in [0.25, 0.3) is 0 Å². The van der Waals surface area contributed by atoms with Crippen molar-refractivity contribution in [2.24, 2.45) is 0 Å². The van der Waals surface area contributed by atoms with Crippen molar-refractivity contribution >= 4 is 23.2 Å². The van der Waals surface area contributed by atoms with Gasteiger partial charge in [-0.15, -0.1) is 0 Å². The predicted octanol–water partition coefficient (Wildman–Crippen LogP) is 4.75. The molecule has 1 saturated heterocycles. The highest BCUT2D eigenvalue weighted by Crippen LogP contribution is 2.25. The molecule has 3 nitrogen and oxygen atoms in total. The van der Waals surface area contributed by atoms with Crippen molar-refractivity contribution in [3.8, 4) is 5.75 Å². The molecule has 0 N–H and O–H groups in total. The lowest BCUT2D eigenvalue weighted by Crippen LogP contribution is -2.44. The van der Waals surface area contributed by atoms with Gasteiger partial charge < -0.3 is 14.5 Å². The largest absolute Gasteiger partial charge is 0.489 e. The normalized spacial score (nSPS) is 16.0. The van der Waals surface area contributed by atoms with Gasteiger partial charge in [0.1, 0.15) is 12.4 Å². The van der Waals surface area contributed by atoms with Gasteiger partial charge >= 0.3 is 0 Å². The van der Waals surface area contributed by atoms with Crippen molar-refractivity contribution in [3.05, 3.63) is 63.6 Å². The summed E-state index contributed by atoms with van der Waals surface area (Å²) in [6.45, 7) is 6.27. The van der Waals surface area contributed by atoms with Gasteiger partial charge in [-0.2, -0.15) is 0 Å². The zero-order chi connectivity index (χ0) is 18.4. The SMILES string of the molecule is CN1CCN(CCCc2ccccc2OCc2ccc(Cl)cc2Cl)CC1. The molecule has 26 heavy (non-hydrogen) atoms. The number of aryl methyl sites for hydroxylation is 1. The van der Waals surface area contributed by atoms with E-state index in [1.54, 1.807) is 6.07 Å². The summed E-state index contributed by atoms with van der Waals surface area (Å²) in [5, 5.41) is 1.29. The lowest BCUT2D eigenvalue weighted by atomic mass is 10.1. The first-order chi connectivity index (χ1) is 12.6. The zero-order valence-corrected chi connectivity index (χ0v) is 16.8. The molecule has 0 radical (unpaired) electrons. The number of nitrogens with zero attached hydrogens (tertiary/aromatic N) is 2. The molecule has 1 fully saturated rings. The number of halogens is 2. The summed E-state index contributed by atoms with van der Waals surface area (Å²) in [7, 11) is 2.19. The summed E-state index contributed by atoms with van der Waals surface area (Å²) in [4.78, 5) is 4.94. The molecule has 5 heteroatoms. The first kappa shape index (κ1) is 19.5. The van der Waals surface area contributed by atoms with E-state index >= 15 is 0 Å². The second-order valence-corrected chi connectivity index (χ2v) is 7.72. The van der Waals surface area contributed by atoms with Crippen molar-refractivity contribution in [3.63, 3.8) is 0 Å². The molecule has 2 aromatic rings. The van der Waals surface area contributed by atoms with E-state index in [9.17, 15) is 0 Å². The van der Waals surface area contributed by atoms with Crippen LogP contribution in [-0.4, -0.2) is 49.6 Å². The van der Waals surface area contributed by atoms with Crippen LogP contribution in [0.4, 0.5) is 0 Å². The van der Waals surface area contributed by atoms with Crippen LogP contribution in [0.2, 0.25) is 10.0 Å².